The standard InChI is InChI=1S/C9H19F3N2O/c1-8(2,3)15-6-7(14-13)4-5-9(10,11)12/h7,14H,4-6,13H2,1-3H3. The van der Waals surface area contributed by atoms with Gasteiger partial charge in [-0.1, -0.05) is 0 Å². The van der Waals surface area contributed by atoms with Crippen molar-refractivity contribution in [2.24, 2.45) is 5.84 Å². The predicted octanol–water partition coefficient (Wildman–Crippen LogP) is 1.98. The molecule has 0 aliphatic heterocycles. The summed E-state index contributed by atoms with van der Waals surface area (Å²) in [6.07, 6.45) is -5.07. The SMILES string of the molecule is CC(C)(C)OCC(CCC(F)(F)F)NN. The molecule has 0 aliphatic rings. The molecule has 0 aromatic rings. The summed E-state index contributed by atoms with van der Waals surface area (Å²) in [7, 11) is 0. The Labute approximate surface area is 88.1 Å². The van der Waals surface area contributed by atoms with Crippen LogP contribution >= 0.6 is 0 Å². The van der Waals surface area contributed by atoms with E-state index < -0.39 is 18.6 Å². The van der Waals surface area contributed by atoms with Gasteiger partial charge in [0.25, 0.3) is 0 Å². The van der Waals surface area contributed by atoms with Crippen molar-refractivity contribution < 1.29 is 17.9 Å². The van der Waals surface area contributed by atoms with Crippen LogP contribution in [0.2, 0.25) is 0 Å². The zero-order chi connectivity index (χ0) is 12.1. The minimum Gasteiger partial charge on any atom is -0.374 e. The summed E-state index contributed by atoms with van der Waals surface area (Å²) in [5.41, 5.74) is 1.95. The third-order valence-corrected chi connectivity index (χ3v) is 1.73. The van der Waals surface area contributed by atoms with Gasteiger partial charge >= 0.3 is 6.18 Å². The lowest BCUT2D eigenvalue weighted by molar-refractivity contribution is -0.138. The van der Waals surface area contributed by atoms with Crippen LogP contribution in [-0.4, -0.2) is 24.4 Å². The van der Waals surface area contributed by atoms with E-state index >= 15 is 0 Å². The number of hydrogen-bond acceptors (Lipinski definition) is 3. The van der Waals surface area contributed by atoms with Crippen molar-refractivity contribution in [2.75, 3.05) is 6.61 Å². The molecule has 0 saturated heterocycles. The summed E-state index contributed by atoms with van der Waals surface area (Å²) in [5.74, 6) is 5.13. The Kier molecular flexibility index (Phi) is 5.55. The maximum Gasteiger partial charge on any atom is 0.389 e. The van der Waals surface area contributed by atoms with Crippen molar-refractivity contribution in [3.8, 4) is 0 Å². The molecule has 0 aromatic carbocycles. The number of rotatable bonds is 5. The van der Waals surface area contributed by atoms with Gasteiger partial charge in [-0.05, 0) is 27.2 Å². The van der Waals surface area contributed by atoms with Crippen molar-refractivity contribution in [3.05, 3.63) is 0 Å². The van der Waals surface area contributed by atoms with Crippen molar-refractivity contribution in [2.45, 2.75) is 51.4 Å². The number of halogens is 3. The molecular formula is C9H19F3N2O. The minimum absolute atomic E-state index is 0.0733. The second-order valence-corrected chi connectivity index (χ2v) is 4.44. The highest BCUT2D eigenvalue weighted by Gasteiger charge is 2.28. The van der Waals surface area contributed by atoms with E-state index in [1.54, 1.807) is 0 Å². The molecule has 3 N–H and O–H groups in total. The fourth-order valence-corrected chi connectivity index (χ4v) is 0.903. The van der Waals surface area contributed by atoms with Gasteiger partial charge in [0.05, 0.1) is 12.2 Å². The fourth-order valence-electron chi connectivity index (χ4n) is 0.903. The zero-order valence-electron chi connectivity index (χ0n) is 9.32. The van der Waals surface area contributed by atoms with Gasteiger partial charge in [-0.2, -0.15) is 13.2 Å². The number of ether oxygens (including phenoxy) is 1. The van der Waals surface area contributed by atoms with E-state index in [0.717, 1.165) is 0 Å². The highest BCUT2D eigenvalue weighted by Crippen LogP contribution is 2.22. The number of alkyl halides is 3. The van der Waals surface area contributed by atoms with Crippen molar-refractivity contribution >= 4 is 0 Å². The molecule has 0 rings (SSSR count). The van der Waals surface area contributed by atoms with E-state index in [1.165, 1.54) is 0 Å². The molecule has 0 bridgehead atoms. The van der Waals surface area contributed by atoms with E-state index in [0.29, 0.717) is 0 Å². The first kappa shape index (κ1) is 14.7. The Morgan fingerprint density at radius 1 is 1.27 bits per heavy atom. The van der Waals surface area contributed by atoms with E-state index in [-0.39, 0.29) is 18.6 Å². The maximum atomic E-state index is 11.9. The molecule has 0 amide bonds. The van der Waals surface area contributed by atoms with Crippen molar-refractivity contribution in [1.29, 1.82) is 0 Å². The Morgan fingerprint density at radius 2 is 1.80 bits per heavy atom. The summed E-state index contributed by atoms with van der Waals surface area (Å²) >= 11 is 0. The lowest BCUT2D eigenvalue weighted by Gasteiger charge is -2.24. The largest absolute Gasteiger partial charge is 0.389 e. The van der Waals surface area contributed by atoms with Gasteiger partial charge in [-0.3, -0.25) is 11.3 Å². The predicted molar refractivity (Wildman–Crippen MR) is 52.1 cm³/mol. The molecular weight excluding hydrogens is 209 g/mol. The molecule has 6 heteroatoms. The molecule has 15 heavy (non-hydrogen) atoms. The average Bonchev–Trinajstić information content (AvgIpc) is 2.00. The first-order valence-corrected chi connectivity index (χ1v) is 4.81. The summed E-state index contributed by atoms with van der Waals surface area (Å²) in [6.45, 7) is 5.69. The molecule has 0 heterocycles. The van der Waals surface area contributed by atoms with Crippen LogP contribution in [0, 0.1) is 0 Å². The van der Waals surface area contributed by atoms with E-state index in [1.807, 2.05) is 20.8 Å². The van der Waals surface area contributed by atoms with Gasteiger partial charge in [-0.15, -0.1) is 0 Å². The van der Waals surface area contributed by atoms with Crippen LogP contribution < -0.4 is 11.3 Å². The van der Waals surface area contributed by atoms with E-state index in [9.17, 15) is 13.2 Å². The van der Waals surface area contributed by atoms with Gasteiger partial charge in [0, 0.05) is 12.5 Å². The minimum atomic E-state index is -4.14. The Morgan fingerprint density at radius 3 is 2.13 bits per heavy atom. The molecule has 92 valence electrons. The summed E-state index contributed by atoms with van der Waals surface area (Å²) < 4.78 is 41.1. The van der Waals surface area contributed by atoms with Gasteiger partial charge in [0.1, 0.15) is 0 Å². The molecule has 0 radical (unpaired) electrons. The Bertz CT molecular complexity index is 159. The van der Waals surface area contributed by atoms with Crippen molar-refractivity contribution in [1.82, 2.24) is 5.43 Å². The number of hydrogen-bond donors (Lipinski definition) is 2. The number of nitrogens with one attached hydrogen (secondary N) is 1. The van der Waals surface area contributed by atoms with E-state index in [4.69, 9.17) is 10.6 Å². The molecule has 1 atom stereocenters. The molecule has 0 spiro atoms. The van der Waals surface area contributed by atoms with Crippen LogP contribution in [0.15, 0.2) is 0 Å². The molecule has 1 unspecified atom stereocenters. The first-order valence-electron chi connectivity index (χ1n) is 4.81. The molecule has 0 fully saturated rings. The lowest BCUT2D eigenvalue weighted by Crippen LogP contribution is -2.41. The molecule has 3 nitrogen and oxygen atoms in total. The monoisotopic (exact) mass is 228 g/mol. The number of hydrazine groups is 1. The summed E-state index contributed by atoms with van der Waals surface area (Å²) in [6, 6.07) is -0.467. The smallest absolute Gasteiger partial charge is 0.374 e. The Hall–Kier alpha value is -0.330. The van der Waals surface area contributed by atoms with Crippen LogP contribution in [0.5, 0.6) is 0 Å². The van der Waals surface area contributed by atoms with Gasteiger partial charge in [0.15, 0.2) is 0 Å². The third-order valence-electron chi connectivity index (χ3n) is 1.73. The molecule has 0 aromatic heterocycles. The first-order chi connectivity index (χ1) is 6.64. The summed E-state index contributed by atoms with van der Waals surface area (Å²) in [4.78, 5) is 0. The lowest BCUT2D eigenvalue weighted by atomic mass is 10.1. The average molecular weight is 228 g/mol. The molecule has 0 aliphatic carbocycles. The van der Waals surface area contributed by atoms with Gasteiger partial charge in [0.2, 0.25) is 0 Å². The third kappa shape index (κ3) is 9.96. The maximum absolute atomic E-state index is 11.9. The normalized spacial score (nSPS) is 15.4. The van der Waals surface area contributed by atoms with Gasteiger partial charge in [-0.25, -0.2) is 0 Å². The highest BCUT2D eigenvalue weighted by atomic mass is 19.4. The van der Waals surface area contributed by atoms with Crippen LogP contribution in [0.1, 0.15) is 33.6 Å². The van der Waals surface area contributed by atoms with Crippen molar-refractivity contribution in [3.63, 3.8) is 0 Å². The summed E-state index contributed by atoms with van der Waals surface area (Å²) in [5, 5.41) is 0. The topological polar surface area (TPSA) is 47.3 Å². The van der Waals surface area contributed by atoms with Crippen LogP contribution in [-0.2, 0) is 4.74 Å². The second kappa shape index (κ2) is 5.67. The van der Waals surface area contributed by atoms with Crippen LogP contribution in [0.3, 0.4) is 0 Å². The highest BCUT2D eigenvalue weighted by molar-refractivity contribution is 4.68. The van der Waals surface area contributed by atoms with E-state index in [2.05, 4.69) is 5.43 Å². The number of nitrogens with two attached hydrogens (primary N) is 1. The van der Waals surface area contributed by atoms with Crippen LogP contribution in [0.25, 0.3) is 0 Å². The van der Waals surface area contributed by atoms with Crippen LogP contribution in [0.4, 0.5) is 13.2 Å². The Balaban J connectivity index is 3.84. The zero-order valence-corrected chi connectivity index (χ0v) is 9.32. The fraction of sp³-hybridized carbons (Fsp3) is 1.00. The van der Waals surface area contributed by atoms with Gasteiger partial charge < -0.3 is 4.74 Å². The molecule has 0 saturated carbocycles. The second-order valence-electron chi connectivity index (χ2n) is 4.44. The quantitative estimate of drug-likeness (QED) is 0.558.